The number of carboxylic acid groups (broad SMARTS) is 1. The molecule has 18 heavy (non-hydrogen) atoms. The first-order chi connectivity index (χ1) is 8.56. The molecular weight excluding hydrogens is 232 g/mol. The van der Waals surface area contributed by atoms with Crippen molar-refractivity contribution < 1.29 is 14.3 Å². The number of rotatable bonds is 4. The van der Waals surface area contributed by atoms with Gasteiger partial charge in [-0.2, -0.15) is 0 Å². The third kappa shape index (κ3) is 3.10. The SMILES string of the molecule is Cc1nc(CNC2CCC(C(=O)O)CC2)oc1C. The molecule has 1 saturated carbocycles. The number of hydrogen-bond acceptors (Lipinski definition) is 4. The van der Waals surface area contributed by atoms with Crippen molar-refractivity contribution in [3.8, 4) is 0 Å². The van der Waals surface area contributed by atoms with Crippen LogP contribution in [-0.2, 0) is 11.3 Å². The highest BCUT2D eigenvalue weighted by Crippen LogP contribution is 2.24. The monoisotopic (exact) mass is 252 g/mol. The zero-order chi connectivity index (χ0) is 13.1. The molecule has 0 amide bonds. The van der Waals surface area contributed by atoms with Crippen molar-refractivity contribution in [2.24, 2.45) is 5.92 Å². The van der Waals surface area contributed by atoms with E-state index in [2.05, 4.69) is 10.3 Å². The Morgan fingerprint density at radius 1 is 1.39 bits per heavy atom. The summed E-state index contributed by atoms with van der Waals surface area (Å²) in [6.07, 6.45) is 3.35. The number of aryl methyl sites for hydroxylation is 2. The number of carboxylic acids is 1. The highest BCUT2D eigenvalue weighted by molar-refractivity contribution is 5.70. The van der Waals surface area contributed by atoms with Crippen LogP contribution in [0.2, 0.25) is 0 Å². The Labute approximate surface area is 107 Å². The molecule has 0 spiro atoms. The maximum atomic E-state index is 10.8. The van der Waals surface area contributed by atoms with E-state index >= 15 is 0 Å². The maximum absolute atomic E-state index is 10.8. The first-order valence-corrected chi connectivity index (χ1v) is 6.45. The van der Waals surface area contributed by atoms with Gasteiger partial charge in [-0.3, -0.25) is 4.79 Å². The zero-order valence-electron chi connectivity index (χ0n) is 10.9. The topological polar surface area (TPSA) is 75.4 Å². The molecule has 1 aromatic heterocycles. The van der Waals surface area contributed by atoms with Gasteiger partial charge in [-0.1, -0.05) is 0 Å². The smallest absolute Gasteiger partial charge is 0.306 e. The quantitative estimate of drug-likeness (QED) is 0.857. The molecule has 0 aromatic carbocycles. The number of aromatic nitrogens is 1. The van der Waals surface area contributed by atoms with Crippen LogP contribution in [0.25, 0.3) is 0 Å². The molecule has 0 aliphatic heterocycles. The number of carbonyl (C=O) groups is 1. The van der Waals surface area contributed by atoms with Gasteiger partial charge in [0.25, 0.3) is 0 Å². The third-order valence-electron chi connectivity index (χ3n) is 3.69. The number of hydrogen-bond donors (Lipinski definition) is 2. The predicted octanol–water partition coefficient (Wildman–Crippen LogP) is 2.02. The number of aliphatic carboxylic acids is 1. The largest absolute Gasteiger partial charge is 0.481 e. The molecular formula is C13H20N2O3. The van der Waals surface area contributed by atoms with Gasteiger partial charge in [-0.05, 0) is 39.5 Å². The van der Waals surface area contributed by atoms with Crippen LogP contribution in [0.15, 0.2) is 4.42 Å². The molecule has 2 rings (SSSR count). The molecule has 100 valence electrons. The van der Waals surface area contributed by atoms with E-state index in [-0.39, 0.29) is 5.92 Å². The molecule has 5 nitrogen and oxygen atoms in total. The fraction of sp³-hybridized carbons (Fsp3) is 0.692. The first kappa shape index (κ1) is 13.1. The van der Waals surface area contributed by atoms with Crippen molar-refractivity contribution in [1.29, 1.82) is 0 Å². The second kappa shape index (κ2) is 5.52. The van der Waals surface area contributed by atoms with Crippen LogP contribution in [0.3, 0.4) is 0 Å². The molecule has 1 aromatic rings. The maximum Gasteiger partial charge on any atom is 0.306 e. The predicted molar refractivity (Wildman–Crippen MR) is 66.2 cm³/mol. The average molecular weight is 252 g/mol. The highest BCUT2D eigenvalue weighted by atomic mass is 16.4. The summed E-state index contributed by atoms with van der Waals surface area (Å²) in [5.74, 6) is 0.758. The molecule has 0 unspecified atom stereocenters. The van der Waals surface area contributed by atoms with E-state index in [1.165, 1.54) is 0 Å². The average Bonchev–Trinajstić information content (AvgIpc) is 2.67. The molecule has 1 fully saturated rings. The Balaban J connectivity index is 1.77. The second-order valence-electron chi connectivity index (χ2n) is 5.02. The van der Waals surface area contributed by atoms with E-state index in [4.69, 9.17) is 9.52 Å². The summed E-state index contributed by atoms with van der Waals surface area (Å²) < 4.78 is 5.50. The minimum atomic E-state index is -0.660. The van der Waals surface area contributed by atoms with Crippen LogP contribution in [0.5, 0.6) is 0 Å². The number of nitrogens with zero attached hydrogens (tertiary/aromatic N) is 1. The van der Waals surface area contributed by atoms with Crippen LogP contribution < -0.4 is 5.32 Å². The second-order valence-corrected chi connectivity index (χ2v) is 5.02. The first-order valence-electron chi connectivity index (χ1n) is 6.45. The fourth-order valence-electron chi connectivity index (χ4n) is 2.39. The Hall–Kier alpha value is -1.36. The number of oxazole rings is 1. The zero-order valence-corrected chi connectivity index (χ0v) is 10.9. The van der Waals surface area contributed by atoms with E-state index in [1.807, 2.05) is 13.8 Å². The summed E-state index contributed by atoms with van der Waals surface area (Å²) in [5.41, 5.74) is 0.932. The van der Waals surface area contributed by atoms with Crippen molar-refractivity contribution in [1.82, 2.24) is 10.3 Å². The summed E-state index contributed by atoms with van der Waals surface area (Å²) >= 11 is 0. The van der Waals surface area contributed by atoms with Crippen LogP contribution in [0.4, 0.5) is 0 Å². The lowest BCUT2D eigenvalue weighted by molar-refractivity contribution is -0.142. The molecule has 5 heteroatoms. The highest BCUT2D eigenvalue weighted by Gasteiger charge is 2.25. The van der Waals surface area contributed by atoms with Crippen LogP contribution in [0, 0.1) is 19.8 Å². The molecule has 0 saturated heterocycles. The van der Waals surface area contributed by atoms with Gasteiger partial charge in [0.1, 0.15) is 5.76 Å². The standard InChI is InChI=1S/C13H20N2O3/c1-8-9(2)18-12(15-8)7-14-11-5-3-10(4-6-11)13(16)17/h10-11,14H,3-7H2,1-2H3,(H,16,17). The lowest BCUT2D eigenvalue weighted by atomic mass is 9.86. The van der Waals surface area contributed by atoms with E-state index in [0.717, 1.165) is 37.1 Å². The van der Waals surface area contributed by atoms with E-state index in [9.17, 15) is 4.79 Å². The normalized spacial score (nSPS) is 24.1. The molecule has 2 N–H and O–H groups in total. The minimum absolute atomic E-state index is 0.158. The Bertz CT molecular complexity index is 400. The van der Waals surface area contributed by atoms with Crippen LogP contribution in [-0.4, -0.2) is 22.1 Å². The summed E-state index contributed by atoms with van der Waals surface area (Å²) in [5, 5.41) is 12.3. The minimum Gasteiger partial charge on any atom is -0.481 e. The van der Waals surface area contributed by atoms with Crippen molar-refractivity contribution in [3.63, 3.8) is 0 Å². The molecule has 1 aliphatic rings. The van der Waals surface area contributed by atoms with Gasteiger partial charge in [0.2, 0.25) is 5.89 Å². The number of nitrogens with one attached hydrogen (secondary N) is 1. The molecule has 0 radical (unpaired) electrons. The molecule has 0 bridgehead atoms. The Kier molecular flexibility index (Phi) is 4.01. The van der Waals surface area contributed by atoms with Gasteiger partial charge in [0.15, 0.2) is 0 Å². The molecule has 1 aliphatic carbocycles. The Morgan fingerprint density at radius 3 is 2.56 bits per heavy atom. The van der Waals surface area contributed by atoms with Gasteiger partial charge >= 0.3 is 5.97 Å². The summed E-state index contributed by atoms with van der Waals surface area (Å²) in [6.45, 7) is 4.46. The third-order valence-corrected chi connectivity index (χ3v) is 3.69. The van der Waals surface area contributed by atoms with E-state index in [1.54, 1.807) is 0 Å². The van der Waals surface area contributed by atoms with Gasteiger partial charge < -0.3 is 14.8 Å². The van der Waals surface area contributed by atoms with Crippen LogP contribution >= 0.6 is 0 Å². The lowest BCUT2D eigenvalue weighted by Crippen LogP contribution is -2.34. The van der Waals surface area contributed by atoms with Crippen molar-refractivity contribution in [2.75, 3.05) is 0 Å². The van der Waals surface area contributed by atoms with Crippen molar-refractivity contribution in [3.05, 3.63) is 17.3 Å². The summed E-state index contributed by atoms with van der Waals surface area (Å²) in [6, 6.07) is 0.383. The van der Waals surface area contributed by atoms with E-state index < -0.39 is 5.97 Å². The molecule has 1 heterocycles. The van der Waals surface area contributed by atoms with Gasteiger partial charge in [0.05, 0.1) is 18.2 Å². The Morgan fingerprint density at radius 2 is 2.06 bits per heavy atom. The lowest BCUT2D eigenvalue weighted by Gasteiger charge is -2.26. The van der Waals surface area contributed by atoms with Gasteiger partial charge in [0, 0.05) is 6.04 Å². The van der Waals surface area contributed by atoms with Crippen LogP contribution in [0.1, 0.15) is 43.0 Å². The summed E-state index contributed by atoms with van der Waals surface area (Å²) in [4.78, 5) is 15.1. The summed E-state index contributed by atoms with van der Waals surface area (Å²) in [7, 11) is 0. The molecule has 0 atom stereocenters. The van der Waals surface area contributed by atoms with Gasteiger partial charge in [-0.15, -0.1) is 0 Å². The van der Waals surface area contributed by atoms with Crippen molar-refractivity contribution in [2.45, 2.75) is 52.1 Å². The van der Waals surface area contributed by atoms with Gasteiger partial charge in [-0.25, -0.2) is 4.98 Å². The van der Waals surface area contributed by atoms with Crippen molar-refractivity contribution >= 4 is 5.97 Å². The van der Waals surface area contributed by atoms with E-state index in [0.29, 0.717) is 18.5 Å². The fourth-order valence-corrected chi connectivity index (χ4v) is 2.39.